The summed E-state index contributed by atoms with van der Waals surface area (Å²) in [6, 6.07) is 8.42. The number of benzene rings is 1. The molecule has 0 saturated heterocycles. The van der Waals surface area contributed by atoms with Crippen molar-refractivity contribution in [3.05, 3.63) is 47.2 Å². The van der Waals surface area contributed by atoms with Crippen LogP contribution in [0.25, 0.3) is 0 Å². The topological polar surface area (TPSA) is 89.8 Å². The Hall–Kier alpha value is -2.94. The lowest BCUT2D eigenvalue weighted by atomic mass is 10.1. The summed E-state index contributed by atoms with van der Waals surface area (Å²) < 4.78 is 0. The van der Waals surface area contributed by atoms with Gasteiger partial charge in [-0.3, -0.25) is 14.7 Å². The maximum atomic E-state index is 12.1. The van der Waals surface area contributed by atoms with Crippen molar-refractivity contribution in [3.63, 3.8) is 0 Å². The Balaban J connectivity index is 2.16. The summed E-state index contributed by atoms with van der Waals surface area (Å²) in [6.07, 6.45) is 1.28. The molecule has 6 heteroatoms. The number of aromatic amines is 1. The van der Waals surface area contributed by atoms with Crippen LogP contribution in [0, 0.1) is 11.3 Å². The van der Waals surface area contributed by atoms with Crippen molar-refractivity contribution in [2.24, 2.45) is 0 Å². The predicted octanol–water partition coefficient (Wildman–Crippen LogP) is 1.08. The van der Waals surface area contributed by atoms with Crippen LogP contribution in [0.3, 0.4) is 0 Å². The SMILES string of the molecule is N#Cc1cn[nH]c1N1C(=O)c2ccccc2C1=O. The van der Waals surface area contributed by atoms with E-state index in [1.807, 2.05) is 6.07 Å². The van der Waals surface area contributed by atoms with E-state index >= 15 is 0 Å². The number of hydrogen-bond acceptors (Lipinski definition) is 4. The number of amides is 2. The number of imide groups is 1. The first-order valence-corrected chi connectivity index (χ1v) is 5.15. The van der Waals surface area contributed by atoms with Gasteiger partial charge in [0.1, 0.15) is 11.6 Å². The second kappa shape index (κ2) is 3.53. The zero-order valence-electron chi connectivity index (χ0n) is 9.04. The molecule has 0 fully saturated rings. The van der Waals surface area contributed by atoms with E-state index < -0.39 is 11.8 Å². The molecule has 2 amide bonds. The summed E-state index contributed by atoms with van der Waals surface area (Å²) in [5.74, 6) is -0.781. The molecule has 2 heterocycles. The van der Waals surface area contributed by atoms with Gasteiger partial charge >= 0.3 is 0 Å². The quantitative estimate of drug-likeness (QED) is 0.753. The van der Waals surface area contributed by atoms with E-state index in [1.165, 1.54) is 6.20 Å². The molecule has 0 radical (unpaired) electrons. The molecule has 1 aromatic carbocycles. The molecule has 3 rings (SSSR count). The van der Waals surface area contributed by atoms with Crippen LogP contribution in [-0.4, -0.2) is 22.0 Å². The van der Waals surface area contributed by atoms with Gasteiger partial charge in [0.05, 0.1) is 17.3 Å². The average Bonchev–Trinajstić information content (AvgIpc) is 2.95. The summed E-state index contributed by atoms with van der Waals surface area (Å²) in [5, 5.41) is 15.1. The predicted molar refractivity (Wildman–Crippen MR) is 60.9 cm³/mol. The molecule has 0 atom stereocenters. The molecule has 2 aromatic rings. The van der Waals surface area contributed by atoms with Gasteiger partial charge in [0, 0.05) is 0 Å². The number of nitrogens with one attached hydrogen (secondary N) is 1. The van der Waals surface area contributed by atoms with Crippen molar-refractivity contribution in [2.75, 3.05) is 4.90 Å². The lowest BCUT2D eigenvalue weighted by Crippen LogP contribution is -2.30. The maximum absolute atomic E-state index is 12.1. The number of fused-ring (bicyclic) bond motifs is 1. The van der Waals surface area contributed by atoms with Crippen LogP contribution in [0.1, 0.15) is 26.3 Å². The number of rotatable bonds is 1. The molecular weight excluding hydrogens is 232 g/mol. The van der Waals surface area contributed by atoms with Gasteiger partial charge in [0.15, 0.2) is 5.82 Å². The standard InChI is InChI=1S/C12H6N4O2/c13-5-7-6-14-15-10(7)16-11(17)8-3-1-2-4-9(8)12(16)18/h1-4,6H,(H,14,15). The molecule has 86 valence electrons. The van der Waals surface area contributed by atoms with E-state index in [0.29, 0.717) is 11.1 Å². The fraction of sp³-hybridized carbons (Fsp3) is 0. The number of carbonyl (C=O) groups excluding carboxylic acids is 2. The van der Waals surface area contributed by atoms with Crippen molar-refractivity contribution < 1.29 is 9.59 Å². The molecule has 0 spiro atoms. The third-order valence-corrected chi connectivity index (χ3v) is 2.76. The zero-order chi connectivity index (χ0) is 12.7. The molecule has 6 nitrogen and oxygen atoms in total. The van der Waals surface area contributed by atoms with Crippen LogP contribution < -0.4 is 4.90 Å². The van der Waals surface area contributed by atoms with Crippen molar-refractivity contribution in [1.29, 1.82) is 5.26 Å². The first-order chi connectivity index (χ1) is 8.74. The number of aromatic nitrogens is 2. The van der Waals surface area contributed by atoms with Crippen molar-refractivity contribution in [3.8, 4) is 6.07 Å². The number of hydrogen-bond donors (Lipinski definition) is 1. The molecular formula is C12H6N4O2. The number of carbonyl (C=O) groups is 2. The number of nitrogens with zero attached hydrogens (tertiary/aromatic N) is 3. The van der Waals surface area contributed by atoms with Gasteiger partial charge in [-0.1, -0.05) is 12.1 Å². The molecule has 18 heavy (non-hydrogen) atoms. The van der Waals surface area contributed by atoms with Crippen LogP contribution in [0.2, 0.25) is 0 Å². The third kappa shape index (κ3) is 1.18. The van der Waals surface area contributed by atoms with Gasteiger partial charge in [-0.05, 0) is 12.1 Å². The molecule has 0 unspecified atom stereocenters. The molecule has 1 N–H and O–H groups in total. The van der Waals surface area contributed by atoms with E-state index in [9.17, 15) is 9.59 Å². The molecule has 1 aromatic heterocycles. The van der Waals surface area contributed by atoms with Gasteiger partial charge in [-0.25, -0.2) is 4.90 Å². The molecule has 1 aliphatic heterocycles. The second-order valence-electron chi connectivity index (χ2n) is 3.74. The number of anilines is 1. The highest BCUT2D eigenvalue weighted by molar-refractivity contribution is 6.34. The van der Waals surface area contributed by atoms with Crippen LogP contribution in [-0.2, 0) is 0 Å². The van der Waals surface area contributed by atoms with E-state index in [1.54, 1.807) is 24.3 Å². The maximum Gasteiger partial charge on any atom is 0.267 e. The smallest absolute Gasteiger partial charge is 0.267 e. The van der Waals surface area contributed by atoms with Crippen molar-refractivity contribution in [2.45, 2.75) is 0 Å². The van der Waals surface area contributed by atoms with Crippen LogP contribution >= 0.6 is 0 Å². The van der Waals surface area contributed by atoms with Gasteiger partial charge in [0.2, 0.25) is 0 Å². The molecule has 1 aliphatic rings. The fourth-order valence-corrected chi connectivity index (χ4v) is 1.92. The van der Waals surface area contributed by atoms with Gasteiger partial charge in [-0.15, -0.1) is 0 Å². The summed E-state index contributed by atoms with van der Waals surface area (Å²) in [4.78, 5) is 25.2. The minimum absolute atomic E-state index is 0.115. The first-order valence-electron chi connectivity index (χ1n) is 5.15. The van der Waals surface area contributed by atoms with E-state index in [2.05, 4.69) is 10.2 Å². The van der Waals surface area contributed by atoms with Gasteiger partial charge < -0.3 is 0 Å². The number of H-pyrrole nitrogens is 1. The normalized spacial score (nSPS) is 13.6. The Morgan fingerprint density at radius 1 is 1.17 bits per heavy atom. The van der Waals surface area contributed by atoms with Crippen LogP contribution in [0.15, 0.2) is 30.5 Å². The van der Waals surface area contributed by atoms with Crippen molar-refractivity contribution >= 4 is 17.6 Å². The van der Waals surface area contributed by atoms with Gasteiger partial charge in [0.25, 0.3) is 11.8 Å². The largest absolute Gasteiger partial charge is 0.268 e. The third-order valence-electron chi connectivity index (χ3n) is 2.76. The number of nitriles is 1. The highest BCUT2D eigenvalue weighted by atomic mass is 16.2. The summed E-state index contributed by atoms with van der Waals surface area (Å²) in [5.41, 5.74) is 0.825. The Morgan fingerprint density at radius 3 is 2.33 bits per heavy atom. The first kappa shape index (κ1) is 10.2. The molecule has 0 aliphatic carbocycles. The van der Waals surface area contributed by atoms with Crippen LogP contribution in [0.5, 0.6) is 0 Å². The Labute approximate surface area is 101 Å². The highest BCUT2D eigenvalue weighted by Crippen LogP contribution is 2.28. The molecule has 0 saturated carbocycles. The highest BCUT2D eigenvalue weighted by Gasteiger charge is 2.38. The van der Waals surface area contributed by atoms with E-state index in [-0.39, 0.29) is 11.4 Å². The second-order valence-corrected chi connectivity index (χ2v) is 3.74. The average molecular weight is 238 g/mol. The lowest BCUT2D eigenvalue weighted by Gasteiger charge is -2.10. The molecule has 0 bridgehead atoms. The summed E-state index contributed by atoms with van der Waals surface area (Å²) >= 11 is 0. The summed E-state index contributed by atoms with van der Waals surface area (Å²) in [7, 11) is 0. The fourth-order valence-electron chi connectivity index (χ4n) is 1.92. The monoisotopic (exact) mass is 238 g/mol. The Morgan fingerprint density at radius 2 is 1.78 bits per heavy atom. The Bertz CT molecular complexity index is 676. The minimum atomic E-state index is -0.448. The van der Waals surface area contributed by atoms with E-state index in [4.69, 9.17) is 5.26 Å². The minimum Gasteiger partial charge on any atom is -0.268 e. The van der Waals surface area contributed by atoms with Crippen LogP contribution in [0.4, 0.5) is 5.82 Å². The summed E-state index contributed by atoms with van der Waals surface area (Å²) in [6.45, 7) is 0. The van der Waals surface area contributed by atoms with Gasteiger partial charge in [-0.2, -0.15) is 10.4 Å². The van der Waals surface area contributed by atoms with Crippen molar-refractivity contribution in [1.82, 2.24) is 10.2 Å². The zero-order valence-corrected chi connectivity index (χ0v) is 9.04. The Kier molecular flexibility index (Phi) is 2.01. The lowest BCUT2D eigenvalue weighted by molar-refractivity contribution is 0.0925. The van der Waals surface area contributed by atoms with E-state index in [0.717, 1.165) is 4.90 Å².